The molecule has 0 bridgehead atoms. The Hall–Kier alpha value is -4.00. The number of nitrogens with one attached hydrogen (secondary N) is 3. The van der Waals surface area contributed by atoms with Gasteiger partial charge in [0.2, 0.25) is 5.91 Å². The minimum atomic E-state index is -0.476. The highest BCUT2D eigenvalue weighted by Gasteiger charge is 2.20. The van der Waals surface area contributed by atoms with Crippen LogP contribution in [0, 0.1) is 18.2 Å². The summed E-state index contributed by atoms with van der Waals surface area (Å²) in [6, 6.07) is 7.90. The molecule has 0 radical (unpaired) electrons. The standard InChI is InChI=1S/C26H26FN5O3/c1-3-17-12-18(7-8-21(17)27)31-26-20-13-23(32-25(33)6-5-10-28-4-2)24(14-22(20)29-16-30-26)35-19-9-11-34-15-19/h1,5-8,12-14,16,19,28H,4,9-11,15H2,2H3,(H,32,33)(H,29,30,31)/b6-5+. The summed E-state index contributed by atoms with van der Waals surface area (Å²) in [6.07, 6.45) is 10.7. The summed E-state index contributed by atoms with van der Waals surface area (Å²) in [5.41, 5.74) is 1.79. The van der Waals surface area contributed by atoms with Crippen LogP contribution < -0.4 is 20.7 Å². The van der Waals surface area contributed by atoms with Gasteiger partial charge in [-0.05, 0) is 30.8 Å². The van der Waals surface area contributed by atoms with E-state index in [1.165, 1.54) is 24.5 Å². The Labute approximate surface area is 202 Å². The van der Waals surface area contributed by atoms with Gasteiger partial charge in [-0.2, -0.15) is 0 Å². The average Bonchev–Trinajstić information content (AvgIpc) is 3.37. The van der Waals surface area contributed by atoms with Crippen molar-refractivity contribution in [2.75, 3.05) is 36.9 Å². The first-order valence-corrected chi connectivity index (χ1v) is 11.3. The predicted octanol–water partition coefficient (Wildman–Crippen LogP) is 3.77. The molecule has 180 valence electrons. The second-order valence-corrected chi connectivity index (χ2v) is 7.85. The maximum atomic E-state index is 13.8. The van der Waals surface area contributed by atoms with E-state index in [0.29, 0.717) is 53.6 Å². The van der Waals surface area contributed by atoms with Gasteiger partial charge in [0.25, 0.3) is 0 Å². The van der Waals surface area contributed by atoms with E-state index < -0.39 is 5.82 Å². The molecule has 1 atom stereocenters. The number of rotatable bonds is 9. The molecule has 3 N–H and O–H groups in total. The molecular weight excluding hydrogens is 449 g/mol. The highest BCUT2D eigenvalue weighted by atomic mass is 19.1. The van der Waals surface area contributed by atoms with Gasteiger partial charge in [0.05, 0.1) is 30.0 Å². The number of anilines is 3. The topological polar surface area (TPSA) is 97.4 Å². The molecule has 0 aliphatic carbocycles. The third-order valence-corrected chi connectivity index (χ3v) is 5.34. The Bertz CT molecular complexity index is 1280. The van der Waals surface area contributed by atoms with Crippen LogP contribution in [0.5, 0.6) is 5.75 Å². The molecule has 1 amide bonds. The molecule has 1 unspecified atom stereocenters. The van der Waals surface area contributed by atoms with Crippen LogP contribution in [-0.2, 0) is 9.53 Å². The van der Waals surface area contributed by atoms with Crippen LogP contribution in [-0.4, -0.2) is 48.3 Å². The van der Waals surface area contributed by atoms with Gasteiger partial charge in [-0.1, -0.05) is 18.9 Å². The Morgan fingerprint density at radius 2 is 2.23 bits per heavy atom. The smallest absolute Gasteiger partial charge is 0.248 e. The lowest BCUT2D eigenvalue weighted by Crippen LogP contribution is -2.18. The van der Waals surface area contributed by atoms with Gasteiger partial charge in [0, 0.05) is 36.2 Å². The number of carbonyl (C=O) groups is 1. The first kappa shape index (κ1) is 24.1. The van der Waals surface area contributed by atoms with Crippen LogP contribution in [0.3, 0.4) is 0 Å². The molecule has 1 aliphatic heterocycles. The number of ether oxygens (including phenoxy) is 2. The molecule has 0 spiro atoms. The number of fused-ring (bicyclic) bond motifs is 1. The molecular formula is C26H26FN5O3. The average molecular weight is 476 g/mol. The minimum Gasteiger partial charge on any atom is -0.486 e. The fourth-order valence-electron chi connectivity index (χ4n) is 3.58. The summed E-state index contributed by atoms with van der Waals surface area (Å²) in [5.74, 6) is 2.51. The number of carbonyl (C=O) groups excluding carboxylic acids is 1. The van der Waals surface area contributed by atoms with Gasteiger partial charge < -0.3 is 25.4 Å². The highest BCUT2D eigenvalue weighted by molar-refractivity contribution is 6.03. The maximum absolute atomic E-state index is 13.8. The maximum Gasteiger partial charge on any atom is 0.248 e. The number of halogens is 1. The van der Waals surface area contributed by atoms with E-state index in [0.717, 1.165) is 13.0 Å². The lowest BCUT2D eigenvalue weighted by Gasteiger charge is -2.17. The summed E-state index contributed by atoms with van der Waals surface area (Å²) < 4.78 is 25.4. The van der Waals surface area contributed by atoms with E-state index in [1.807, 2.05) is 6.92 Å². The molecule has 4 rings (SSSR count). The minimum absolute atomic E-state index is 0.117. The molecule has 8 nitrogen and oxygen atoms in total. The third-order valence-electron chi connectivity index (χ3n) is 5.34. The van der Waals surface area contributed by atoms with Gasteiger partial charge in [0.1, 0.15) is 29.8 Å². The molecule has 3 aromatic rings. The van der Waals surface area contributed by atoms with Crippen LogP contribution in [0.2, 0.25) is 0 Å². The fourth-order valence-corrected chi connectivity index (χ4v) is 3.58. The normalized spacial score (nSPS) is 15.3. The predicted molar refractivity (Wildman–Crippen MR) is 133 cm³/mol. The van der Waals surface area contributed by atoms with Crippen LogP contribution in [0.4, 0.5) is 21.6 Å². The lowest BCUT2D eigenvalue weighted by atomic mass is 10.1. The van der Waals surface area contributed by atoms with E-state index in [1.54, 1.807) is 24.3 Å². The Balaban J connectivity index is 1.68. The summed E-state index contributed by atoms with van der Waals surface area (Å²) >= 11 is 0. The first-order chi connectivity index (χ1) is 17.1. The van der Waals surface area contributed by atoms with Crippen molar-refractivity contribution in [3.05, 3.63) is 60.2 Å². The molecule has 35 heavy (non-hydrogen) atoms. The number of hydrogen-bond donors (Lipinski definition) is 3. The zero-order valence-electron chi connectivity index (χ0n) is 19.3. The molecule has 9 heteroatoms. The number of nitrogens with zero attached hydrogens (tertiary/aromatic N) is 2. The van der Waals surface area contributed by atoms with E-state index in [-0.39, 0.29) is 17.6 Å². The fraction of sp³-hybridized carbons (Fsp3) is 0.269. The van der Waals surface area contributed by atoms with Crippen molar-refractivity contribution in [1.29, 1.82) is 0 Å². The van der Waals surface area contributed by atoms with Crippen molar-refractivity contribution < 1.29 is 18.7 Å². The molecule has 1 aromatic heterocycles. The number of aromatic nitrogens is 2. The van der Waals surface area contributed by atoms with Crippen molar-refractivity contribution in [2.45, 2.75) is 19.4 Å². The van der Waals surface area contributed by atoms with Crippen LogP contribution in [0.15, 0.2) is 48.8 Å². The molecule has 1 fully saturated rings. The Morgan fingerprint density at radius 3 is 3.00 bits per heavy atom. The molecule has 1 saturated heterocycles. The highest BCUT2D eigenvalue weighted by Crippen LogP contribution is 2.34. The van der Waals surface area contributed by atoms with Crippen molar-refractivity contribution in [3.8, 4) is 18.1 Å². The van der Waals surface area contributed by atoms with Crippen LogP contribution >= 0.6 is 0 Å². The largest absolute Gasteiger partial charge is 0.486 e. The summed E-state index contributed by atoms with van der Waals surface area (Å²) in [4.78, 5) is 21.3. The number of terminal acetylenes is 1. The zero-order chi connectivity index (χ0) is 24.6. The Kier molecular flexibility index (Phi) is 7.88. The van der Waals surface area contributed by atoms with E-state index in [4.69, 9.17) is 15.9 Å². The lowest BCUT2D eigenvalue weighted by molar-refractivity contribution is -0.111. The van der Waals surface area contributed by atoms with Crippen molar-refractivity contribution in [2.24, 2.45) is 0 Å². The summed E-state index contributed by atoms with van der Waals surface area (Å²) in [6.45, 7) is 4.49. The Morgan fingerprint density at radius 1 is 1.34 bits per heavy atom. The number of hydrogen-bond acceptors (Lipinski definition) is 7. The third kappa shape index (κ3) is 6.12. The van der Waals surface area contributed by atoms with Crippen molar-refractivity contribution >= 4 is 34.0 Å². The van der Waals surface area contributed by atoms with E-state index >= 15 is 0 Å². The van der Waals surface area contributed by atoms with Gasteiger partial charge in [-0.25, -0.2) is 14.4 Å². The van der Waals surface area contributed by atoms with Crippen LogP contribution in [0.25, 0.3) is 10.9 Å². The molecule has 2 aromatic carbocycles. The van der Waals surface area contributed by atoms with E-state index in [2.05, 4.69) is 31.8 Å². The summed E-state index contributed by atoms with van der Waals surface area (Å²) in [5, 5.41) is 9.82. The number of amides is 1. The summed E-state index contributed by atoms with van der Waals surface area (Å²) in [7, 11) is 0. The quantitative estimate of drug-likeness (QED) is 0.246. The number of benzene rings is 2. The SMILES string of the molecule is C#Cc1cc(Nc2ncnc3cc(OC4CCOC4)c(NC(=O)/C=C/CNCC)cc23)ccc1F. The van der Waals surface area contributed by atoms with Gasteiger partial charge >= 0.3 is 0 Å². The van der Waals surface area contributed by atoms with Gasteiger partial charge in [0.15, 0.2) is 0 Å². The van der Waals surface area contributed by atoms with Gasteiger partial charge in [-0.15, -0.1) is 6.42 Å². The van der Waals surface area contributed by atoms with Gasteiger partial charge in [-0.3, -0.25) is 4.79 Å². The second-order valence-electron chi connectivity index (χ2n) is 7.85. The van der Waals surface area contributed by atoms with Crippen LogP contribution in [0.1, 0.15) is 18.9 Å². The number of likely N-dealkylation sites (N-methyl/N-ethyl adjacent to an activating group) is 1. The van der Waals surface area contributed by atoms with E-state index in [9.17, 15) is 9.18 Å². The van der Waals surface area contributed by atoms with Crippen molar-refractivity contribution in [1.82, 2.24) is 15.3 Å². The molecule has 1 aliphatic rings. The second kappa shape index (κ2) is 11.4. The molecule has 2 heterocycles. The monoisotopic (exact) mass is 475 g/mol. The van der Waals surface area contributed by atoms with Crippen molar-refractivity contribution in [3.63, 3.8) is 0 Å². The molecule has 0 saturated carbocycles. The first-order valence-electron chi connectivity index (χ1n) is 11.3. The zero-order valence-corrected chi connectivity index (χ0v) is 19.3.